The van der Waals surface area contributed by atoms with Gasteiger partial charge in [0.15, 0.2) is 0 Å². The maximum Gasteiger partial charge on any atom is 0.208 e. The maximum atomic E-state index is 13.4. The van der Waals surface area contributed by atoms with E-state index in [9.17, 15) is 8.42 Å². The van der Waals surface area contributed by atoms with Crippen molar-refractivity contribution >= 4 is 32.3 Å². The van der Waals surface area contributed by atoms with Gasteiger partial charge in [-0.1, -0.05) is 59.6 Å². The Hall–Kier alpha value is -2.69. The van der Waals surface area contributed by atoms with Gasteiger partial charge in [-0.2, -0.15) is 0 Å². The molecule has 0 N–H and O–H groups in total. The lowest BCUT2D eigenvalue weighted by molar-refractivity contribution is 0.596. The average molecular weight is 394 g/mol. The molecule has 0 spiro atoms. The Morgan fingerprint density at radius 1 is 0.852 bits per heavy atom. The predicted molar refractivity (Wildman–Crippen MR) is 109 cm³/mol. The van der Waals surface area contributed by atoms with E-state index in [0.29, 0.717) is 10.6 Å². The zero-order valence-corrected chi connectivity index (χ0v) is 16.1. The molecule has 134 valence electrons. The number of benzene rings is 3. The molecule has 4 rings (SSSR count). The maximum absolute atomic E-state index is 13.4. The van der Waals surface area contributed by atoms with E-state index < -0.39 is 9.84 Å². The summed E-state index contributed by atoms with van der Waals surface area (Å²) in [6, 6.07) is 21.6. The highest BCUT2D eigenvalue weighted by Crippen LogP contribution is 2.36. The van der Waals surface area contributed by atoms with Crippen LogP contribution in [0.25, 0.3) is 22.0 Å². The summed E-state index contributed by atoms with van der Waals surface area (Å²) in [5.74, 6) is 0. The van der Waals surface area contributed by atoms with Gasteiger partial charge in [0.2, 0.25) is 9.84 Å². The SMILES string of the molecule is Cc1ccc(S(=O)(=O)c2cnc3ccccc3c2-c2ccc(Cl)cc2)cc1. The number of nitrogens with zero attached hydrogens (tertiary/aromatic N) is 1. The molecule has 0 atom stereocenters. The number of rotatable bonds is 3. The molecule has 5 heteroatoms. The fourth-order valence-corrected chi connectivity index (χ4v) is 4.65. The van der Waals surface area contributed by atoms with Crippen molar-refractivity contribution in [3.63, 3.8) is 0 Å². The van der Waals surface area contributed by atoms with E-state index in [4.69, 9.17) is 11.6 Å². The molecule has 0 aliphatic heterocycles. The lowest BCUT2D eigenvalue weighted by Crippen LogP contribution is -2.05. The van der Waals surface area contributed by atoms with E-state index >= 15 is 0 Å². The van der Waals surface area contributed by atoms with Gasteiger partial charge < -0.3 is 0 Å². The Morgan fingerprint density at radius 3 is 2.22 bits per heavy atom. The van der Waals surface area contributed by atoms with E-state index in [-0.39, 0.29) is 9.79 Å². The topological polar surface area (TPSA) is 47.0 Å². The Bertz CT molecular complexity index is 1230. The molecule has 0 radical (unpaired) electrons. The zero-order chi connectivity index (χ0) is 19.0. The van der Waals surface area contributed by atoms with Gasteiger partial charge in [0.1, 0.15) is 0 Å². The van der Waals surface area contributed by atoms with Gasteiger partial charge in [0.05, 0.1) is 15.3 Å². The quantitative estimate of drug-likeness (QED) is 0.448. The molecule has 4 aromatic rings. The molecule has 0 saturated carbocycles. The smallest absolute Gasteiger partial charge is 0.208 e. The number of hydrogen-bond acceptors (Lipinski definition) is 3. The number of pyridine rings is 1. The summed E-state index contributed by atoms with van der Waals surface area (Å²) < 4.78 is 26.8. The van der Waals surface area contributed by atoms with Crippen LogP contribution in [-0.2, 0) is 9.84 Å². The molecule has 27 heavy (non-hydrogen) atoms. The number of halogens is 1. The highest BCUT2D eigenvalue weighted by molar-refractivity contribution is 7.91. The van der Waals surface area contributed by atoms with Gasteiger partial charge in [-0.15, -0.1) is 0 Å². The van der Waals surface area contributed by atoms with Crippen LogP contribution in [0.2, 0.25) is 5.02 Å². The minimum absolute atomic E-state index is 0.187. The van der Waals surface area contributed by atoms with Crippen LogP contribution in [-0.4, -0.2) is 13.4 Å². The van der Waals surface area contributed by atoms with Crippen molar-refractivity contribution in [2.24, 2.45) is 0 Å². The first-order valence-corrected chi connectivity index (χ1v) is 10.3. The number of fused-ring (bicyclic) bond motifs is 1. The van der Waals surface area contributed by atoms with Crippen molar-refractivity contribution < 1.29 is 8.42 Å². The van der Waals surface area contributed by atoms with E-state index in [2.05, 4.69) is 4.98 Å². The summed E-state index contributed by atoms with van der Waals surface area (Å²) in [5, 5.41) is 1.38. The third-order valence-corrected chi connectivity index (χ3v) is 6.53. The highest BCUT2D eigenvalue weighted by Gasteiger charge is 2.24. The Labute approximate surface area is 163 Å². The van der Waals surface area contributed by atoms with Crippen LogP contribution in [0.1, 0.15) is 5.56 Å². The summed E-state index contributed by atoms with van der Waals surface area (Å²) in [4.78, 5) is 4.83. The van der Waals surface area contributed by atoms with Crippen molar-refractivity contribution in [2.45, 2.75) is 16.7 Å². The first-order valence-electron chi connectivity index (χ1n) is 8.42. The minimum atomic E-state index is -3.73. The van der Waals surface area contributed by atoms with Crippen LogP contribution in [0, 0.1) is 6.92 Å². The third kappa shape index (κ3) is 3.22. The summed E-state index contributed by atoms with van der Waals surface area (Å²) in [7, 11) is -3.73. The van der Waals surface area contributed by atoms with Crippen molar-refractivity contribution in [3.8, 4) is 11.1 Å². The molecule has 1 aromatic heterocycles. The molecule has 0 amide bonds. The monoisotopic (exact) mass is 393 g/mol. The van der Waals surface area contributed by atoms with Crippen molar-refractivity contribution in [1.29, 1.82) is 0 Å². The molecular weight excluding hydrogens is 378 g/mol. The van der Waals surface area contributed by atoms with Gasteiger partial charge in [0.25, 0.3) is 0 Å². The summed E-state index contributed by atoms with van der Waals surface area (Å²) >= 11 is 6.03. The number of aryl methyl sites for hydroxylation is 1. The molecule has 0 fully saturated rings. The molecule has 1 heterocycles. The molecule has 0 aliphatic carbocycles. The zero-order valence-electron chi connectivity index (χ0n) is 14.6. The summed E-state index contributed by atoms with van der Waals surface area (Å²) in [6.45, 7) is 1.92. The lowest BCUT2D eigenvalue weighted by atomic mass is 10.0. The van der Waals surface area contributed by atoms with E-state index in [1.807, 2.05) is 43.3 Å². The van der Waals surface area contributed by atoms with Crippen LogP contribution in [0.15, 0.2) is 88.8 Å². The van der Waals surface area contributed by atoms with Crippen LogP contribution < -0.4 is 0 Å². The van der Waals surface area contributed by atoms with Crippen LogP contribution >= 0.6 is 11.6 Å². The van der Waals surface area contributed by atoms with E-state index in [1.54, 1.807) is 36.4 Å². The van der Waals surface area contributed by atoms with E-state index in [1.165, 1.54) is 6.20 Å². The van der Waals surface area contributed by atoms with Crippen molar-refractivity contribution in [3.05, 3.63) is 89.6 Å². The Morgan fingerprint density at radius 2 is 1.52 bits per heavy atom. The largest absolute Gasteiger partial charge is 0.255 e. The standard InChI is InChI=1S/C22H16ClNO2S/c1-15-6-12-18(13-7-15)27(25,26)21-14-24-20-5-3-2-4-19(20)22(21)16-8-10-17(23)11-9-16/h2-14H,1H3. The molecule has 0 aliphatic rings. The van der Waals surface area contributed by atoms with Crippen molar-refractivity contribution in [1.82, 2.24) is 4.98 Å². The molecule has 3 aromatic carbocycles. The van der Waals surface area contributed by atoms with Gasteiger partial charge in [-0.05, 0) is 42.8 Å². The third-order valence-electron chi connectivity index (χ3n) is 4.49. The van der Waals surface area contributed by atoms with Crippen LogP contribution in [0.4, 0.5) is 0 Å². The minimum Gasteiger partial charge on any atom is -0.255 e. The second-order valence-corrected chi connectivity index (χ2v) is 8.69. The van der Waals surface area contributed by atoms with Crippen LogP contribution in [0.5, 0.6) is 0 Å². The number of aromatic nitrogens is 1. The Balaban J connectivity index is 2.05. The summed E-state index contributed by atoms with van der Waals surface area (Å²) in [6.07, 6.45) is 1.45. The second kappa shape index (κ2) is 6.80. The van der Waals surface area contributed by atoms with Gasteiger partial charge in [-0.25, -0.2) is 8.42 Å². The predicted octanol–water partition coefficient (Wildman–Crippen LogP) is 5.70. The molecule has 0 bridgehead atoms. The lowest BCUT2D eigenvalue weighted by Gasteiger charge is -2.14. The van der Waals surface area contributed by atoms with Gasteiger partial charge in [-0.3, -0.25) is 4.98 Å². The average Bonchev–Trinajstić information content (AvgIpc) is 2.68. The number of sulfone groups is 1. The molecule has 0 unspecified atom stereocenters. The molecule has 0 saturated heterocycles. The Kier molecular flexibility index (Phi) is 4.46. The summed E-state index contributed by atoms with van der Waals surface area (Å²) in [5.41, 5.74) is 3.16. The van der Waals surface area contributed by atoms with Crippen molar-refractivity contribution in [2.75, 3.05) is 0 Å². The molecule has 3 nitrogen and oxygen atoms in total. The fourth-order valence-electron chi connectivity index (χ4n) is 3.09. The normalized spacial score (nSPS) is 11.6. The first-order chi connectivity index (χ1) is 13.0. The van der Waals surface area contributed by atoms with Crippen LogP contribution in [0.3, 0.4) is 0 Å². The highest BCUT2D eigenvalue weighted by atomic mass is 35.5. The number of para-hydroxylation sites is 1. The second-order valence-electron chi connectivity index (χ2n) is 6.34. The van der Waals surface area contributed by atoms with Gasteiger partial charge >= 0.3 is 0 Å². The van der Waals surface area contributed by atoms with E-state index in [0.717, 1.165) is 22.0 Å². The number of hydrogen-bond donors (Lipinski definition) is 0. The fraction of sp³-hybridized carbons (Fsp3) is 0.0455. The first kappa shape index (κ1) is 17.7. The molecular formula is C22H16ClNO2S. The van der Waals surface area contributed by atoms with Gasteiger partial charge in [0, 0.05) is 22.2 Å².